The number of hydrogen-bond acceptors (Lipinski definition) is 5. The van der Waals surface area contributed by atoms with Gasteiger partial charge in [-0.05, 0) is 5.56 Å². The summed E-state index contributed by atoms with van der Waals surface area (Å²) in [5.41, 5.74) is 6.34. The van der Waals surface area contributed by atoms with E-state index in [1.165, 1.54) is 7.11 Å². The number of nitrogens with one attached hydrogen (secondary N) is 1. The van der Waals surface area contributed by atoms with Gasteiger partial charge in [-0.25, -0.2) is 4.79 Å². The van der Waals surface area contributed by atoms with Gasteiger partial charge in [0.15, 0.2) is 0 Å². The SMILES string of the molecule is COC(=O)CC(CN)NC(=O)OCc1ccccc1. The molecule has 0 saturated heterocycles. The van der Waals surface area contributed by atoms with Crippen LogP contribution in [0.5, 0.6) is 0 Å². The Morgan fingerprint density at radius 2 is 2.00 bits per heavy atom. The Balaban J connectivity index is 2.35. The van der Waals surface area contributed by atoms with E-state index in [2.05, 4.69) is 10.1 Å². The molecule has 0 aliphatic heterocycles. The average Bonchev–Trinajstić information content (AvgIpc) is 2.45. The van der Waals surface area contributed by atoms with Crippen LogP contribution in [0.15, 0.2) is 30.3 Å². The highest BCUT2D eigenvalue weighted by Gasteiger charge is 2.15. The highest BCUT2D eigenvalue weighted by Crippen LogP contribution is 2.01. The van der Waals surface area contributed by atoms with E-state index in [-0.39, 0.29) is 19.6 Å². The second-order valence-electron chi connectivity index (χ2n) is 3.92. The van der Waals surface area contributed by atoms with Crippen molar-refractivity contribution in [1.29, 1.82) is 0 Å². The quantitative estimate of drug-likeness (QED) is 0.743. The molecule has 0 heterocycles. The maximum Gasteiger partial charge on any atom is 0.407 e. The molecule has 0 aliphatic rings. The Morgan fingerprint density at radius 3 is 2.58 bits per heavy atom. The number of benzene rings is 1. The number of carbonyl (C=O) groups is 2. The van der Waals surface area contributed by atoms with E-state index >= 15 is 0 Å². The van der Waals surface area contributed by atoms with E-state index in [1.807, 2.05) is 30.3 Å². The summed E-state index contributed by atoms with van der Waals surface area (Å²) in [6, 6.07) is 8.80. The van der Waals surface area contributed by atoms with E-state index in [9.17, 15) is 9.59 Å². The monoisotopic (exact) mass is 266 g/mol. The normalized spacial score (nSPS) is 11.5. The molecule has 0 radical (unpaired) electrons. The Kier molecular flexibility index (Phi) is 6.38. The van der Waals surface area contributed by atoms with E-state index in [0.717, 1.165) is 5.56 Å². The Hall–Kier alpha value is -2.08. The highest BCUT2D eigenvalue weighted by atomic mass is 16.5. The first-order valence-electron chi connectivity index (χ1n) is 5.89. The molecule has 104 valence electrons. The number of amides is 1. The number of ether oxygens (including phenoxy) is 2. The van der Waals surface area contributed by atoms with Crippen LogP contribution in [-0.2, 0) is 20.9 Å². The van der Waals surface area contributed by atoms with Gasteiger partial charge in [-0.15, -0.1) is 0 Å². The zero-order chi connectivity index (χ0) is 14.1. The van der Waals surface area contributed by atoms with Gasteiger partial charge < -0.3 is 20.5 Å². The lowest BCUT2D eigenvalue weighted by Crippen LogP contribution is -2.42. The van der Waals surface area contributed by atoms with E-state index in [1.54, 1.807) is 0 Å². The lowest BCUT2D eigenvalue weighted by molar-refractivity contribution is -0.141. The molecule has 0 spiro atoms. The van der Waals surface area contributed by atoms with Crippen molar-refractivity contribution >= 4 is 12.1 Å². The molecule has 0 bridgehead atoms. The number of hydrogen-bond donors (Lipinski definition) is 2. The lowest BCUT2D eigenvalue weighted by atomic mass is 10.2. The van der Waals surface area contributed by atoms with Crippen molar-refractivity contribution < 1.29 is 19.1 Å². The summed E-state index contributed by atoms with van der Waals surface area (Å²) in [5, 5.41) is 2.52. The molecule has 3 N–H and O–H groups in total. The lowest BCUT2D eigenvalue weighted by Gasteiger charge is -2.15. The third kappa shape index (κ3) is 5.87. The molecule has 0 aliphatic carbocycles. The van der Waals surface area contributed by atoms with Gasteiger partial charge in [-0.3, -0.25) is 4.79 Å². The first-order valence-corrected chi connectivity index (χ1v) is 5.89. The summed E-state index contributed by atoms with van der Waals surface area (Å²) in [6.45, 7) is 0.303. The third-order valence-electron chi connectivity index (χ3n) is 2.46. The predicted molar refractivity (Wildman–Crippen MR) is 69.2 cm³/mol. The largest absolute Gasteiger partial charge is 0.469 e. The first kappa shape index (κ1) is 15.0. The van der Waals surface area contributed by atoms with Crippen LogP contribution in [0.3, 0.4) is 0 Å². The molecule has 6 heteroatoms. The van der Waals surface area contributed by atoms with Crippen LogP contribution >= 0.6 is 0 Å². The smallest absolute Gasteiger partial charge is 0.407 e. The molecule has 0 aromatic heterocycles. The molecular formula is C13H18N2O4. The number of nitrogens with two attached hydrogens (primary N) is 1. The van der Waals surface area contributed by atoms with Gasteiger partial charge >= 0.3 is 12.1 Å². The summed E-state index contributed by atoms with van der Waals surface area (Å²) in [5.74, 6) is -0.432. The molecule has 0 saturated carbocycles. The van der Waals surface area contributed by atoms with Gasteiger partial charge in [-0.2, -0.15) is 0 Å². The number of esters is 1. The van der Waals surface area contributed by atoms with Crippen LogP contribution in [-0.4, -0.2) is 31.8 Å². The van der Waals surface area contributed by atoms with E-state index in [4.69, 9.17) is 10.5 Å². The summed E-state index contributed by atoms with van der Waals surface area (Å²) in [6.07, 6.45) is -0.587. The molecule has 6 nitrogen and oxygen atoms in total. The van der Waals surface area contributed by atoms with Crippen molar-refractivity contribution in [1.82, 2.24) is 5.32 Å². The number of rotatable bonds is 6. The maximum atomic E-state index is 11.5. The zero-order valence-corrected chi connectivity index (χ0v) is 10.8. The Bertz CT molecular complexity index is 408. The minimum absolute atomic E-state index is 0.0213. The van der Waals surface area contributed by atoms with Crippen LogP contribution in [0, 0.1) is 0 Å². The van der Waals surface area contributed by atoms with E-state index in [0.29, 0.717) is 0 Å². The number of methoxy groups -OCH3 is 1. The van der Waals surface area contributed by atoms with Crippen LogP contribution in [0.1, 0.15) is 12.0 Å². The molecule has 1 unspecified atom stereocenters. The van der Waals surface area contributed by atoms with Gasteiger partial charge in [0.25, 0.3) is 0 Å². The summed E-state index contributed by atoms with van der Waals surface area (Å²) in [4.78, 5) is 22.6. The Morgan fingerprint density at radius 1 is 1.32 bits per heavy atom. The van der Waals surface area contributed by atoms with Gasteiger partial charge in [0.05, 0.1) is 19.6 Å². The Labute approximate surface area is 111 Å². The topological polar surface area (TPSA) is 90.6 Å². The minimum atomic E-state index is -0.608. The standard InChI is InChI=1S/C13H18N2O4/c1-18-12(16)7-11(8-14)15-13(17)19-9-10-5-3-2-4-6-10/h2-6,11H,7-9,14H2,1H3,(H,15,17). The first-order chi connectivity index (χ1) is 9.15. The van der Waals surface area contributed by atoms with Crippen molar-refractivity contribution in [2.24, 2.45) is 5.73 Å². The highest BCUT2D eigenvalue weighted by molar-refractivity contribution is 5.72. The number of alkyl carbamates (subject to hydrolysis) is 1. The molecule has 1 aromatic rings. The molecule has 0 fully saturated rings. The van der Waals surface area contributed by atoms with Crippen LogP contribution in [0.2, 0.25) is 0 Å². The summed E-state index contributed by atoms with van der Waals surface area (Å²) < 4.78 is 9.52. The fourth-order valence-corrected chi connectivity index (χ4v) is 1.41. The molecular weight excluding hydrogens is 248 g/mol. The third-order valence-corrected chi connectivity index (χ3v) is 2.46. The second kappa shape index (κ2) is 8.10. The van der Waals surface area contributed by atoms with Crippen molar-refractivity contribution in [3.63, 3.8) is 0 Å². The molecule has 19 heavy (non-hydrogen) atoms. The van der Waals surface area contributed by atoms with Crippen molar-refractivity contribution in [2.45, 2.75) is 19.1 Å². The van der Waals surface area contributed by atoms with Gasteiger partial charge in [0.1, 0.15) is 6.61 Å². The van der Waals surface area contributed by atoms with Crippen LogP contribution in [0.25, 0.3) is 0 Å². The fraction of sp³-hybridized carbons (Fsp3) is 0.385. The average molecular weight is 266 g/mol. The second-order valence-corrected chi connectivity index (χ2v) is 3.92. The van der Waals surface area contributed by atoms with Crippen molar-refractivity contribution in [3.05, 3.63) is 35.9 Å². The fourth-order valence-electron chi connectivity index (χ4n) is 1.41. The summed E-state index contributed by atoms with van der Waals surface area (Å²) >= 11 is 0. The van der Waals surface area contributed by atoms with Crippen molar-refractivity contribution in [2.75, 3.05) is 13.7 Å². The van der Waals surface area contributed by atoms with Gasteiger partial charge in [-0.1, -0.05) is 30.3 Å². The zero-order valence-electron chi connectivity index (χ0n) is 10.8. The minimum Gasteiger partial charge on any atom is -0.469 e. The molecule has 1 amide bonds. The predicted octanol–water partition coefficient (Wildman–Crippen LogP) is 0.803. The summed E-state index contributed by atoms with van der Waals surface area (Å²) in [7, 11) is 1.28. The van der Waals surface area contributed by atoms with Gasteiger partial charge in [0, 0.05) is 6.54 Å². The van der Waals surface area contributed by atoms with Crippen molar-refractivity contribution in [3.8, 4) is 0 Å². The molecule has 1 aromatic carbocycles. The molecule has 1 atom stereocenters. The van der Waals surface area contributed by atoms with Crippen LogP contribution < -0.4 is 11.1 Å². The van der Waals surface area contributed by atoms with Crippen LogP contribution in [0.4, 0.5) is 4.79 Å². The van der Waals surface area contributed by atoms with Gasteiger partial charge in [0.2, 0.25) is 0 Å². The molecule has 1 rings (SSSR count). The number of carbonyl (C=O) groups excluding carboxylic acids is 2. The van der Waals surface area contributed by atoms with E-state index < -0.39 is 18.1 Å². The maximum absolute atomic E-state index is 11.5.